The fraction of sp³-hybridized carbons (Fsp3) is 0.348. The Labute approximate surface area is 174 Å². The van der Waals surface area contributed by atoms with Crippen LogP contribution >= 0.6 is 11.3 Å². The van der Waals surface area contributed by atoms with Crippen molar-refractivity contribution in [1.82, 2.24) is 4.98 Å². The number of fused-ring (bicyclic) bond motifs is 1. The van der Waals surface area contributed by atoms with Gasteiger partial charge in [0.2, 0.25) is 0 Å². The second-order valence-corrected chi connectivity index (χ2v) is 8.55. The molecule has 0 unspecified atom stereocenters. The van der Waals surface area contributed by atoms with Gasteiger partial charge in [0.15, 0.2) is 6.61 Å². The molecule has 5 nitrogen and oxygen atoms in total. The Hall–Kier alpha value is -2.73. The number of aromatic nitrogens is 1. The largest absolute Gasteiger partial charge is 0.455 e. The molecule has 4 rings (SSSR count). The van der Waals surface area contributed by atoms with Gasteiger partial charge in [-0.05, 0) is 43.5 Å². The van der Waals surface area contributed by atoms with Crippen LogP contribution in [0.1, 0.15) is 42.2 Å². The molecule has 0 aliphatic heterocycles. The molecular weight excluding hydrogens is 384 g/mol. The summed E-state index contributed by atoms with van der Waals surface area (Å²) in [6.45, 7) is 1.66. The zero-order valence-electron chi connectivity index (χ0n) is 16.4. The van der Waals surface area contributed by atoms with Gasteiger partial charge in [-0.25, -0.2) is 4.98 Å². The van der Waals surface area contributed by atoms with E-state index in [1.165, 1.54) is 0 Å². The summed E-state index contributed by atoms with van der Waals surface area (Å²) in [7, 11) is 0. The van der Waals surface area contributed by atoms with Crippen LogP contribution in [0.4, 0.5) is 5.69 Å². The molecule has 0 saturated heterocycles. The minimum Gasteiger partial charge on any atom is -0.455 e. The molecule has 1 heterocycles. The number of hydrogen-bond donors (Lipinski definition) is 1. The molecule has 1 aliphatic carbocycles. The summed E-state index contributed by atoms with van der Waals surface area (Å²) in [5.74, 6) is -0.794. The summed E-state index contributed by atoms with van der Waals surface area (Å²) in [5, 5.41) is 3.80. The van der Waals surface area contributed by atoms with E-state index in [0.717, 1.165) is 52.2 Å². The minimum atomic E-state index is -0.319. The molecule has 1 N–H and O–H groups in total. The zero-order valence-corrected chi connectivity index (χ0v) is 17.2. The van der Waals surface area contributed by atoms with Crippen molar-refractivity contribution in [1.29, 1.82) is 0 Å². The molecule has 2 aromatic carbocycles. The highest BCUT2D eigenvalue weighted by molar-refractivity contribution is 7.18. The van der Waals surface area contributed by atoms with Crippen LogP contribution in [0, 0.1) is 12.8 Å². The van der Waals surface area contributed by atoms with Crippen molar-refractivity contribution < 1.29 is 14.3 Å². The van der Waals surface area contributed by atoms with Crippen molar-refractivity contribution >= 4 is 39.1 Å². The van der Waals surface area contributed by atoms with E-state index in [1.807, 2.05) is 49.4 Å². The van der Waals surface area contributed by atoms with Crippen LogP contribution in [-0.4, -0.2) is 23.5 Å². The quantitative estimate of drug-likeness (QED) is 0.599. The van der Waals surface area contributed by atoms with Crippen molar-refractivity contribution in [3.8, 4) is 0 Å². The third-order valence-electron chi connectivity index (χ3n) is 5.46. The predicted octanol–water partition coefficient (Wildman–Crippen LogP) is 5.06. The van der Waals surface area contributed by atoms with Gasteiger partial charge in [-0.1, -0.05) is 43.2 Å². The lowest BCUT2D eigenvalue weighted by atomic mass is 9.79. The van der Waals surface area contributed by atoms with Gasteiger partial charge in [0, 0.05) is 11.6 Å². The smallest absolute Gasteiger partial charge is 0.310 e. The average Bonchev–Trinajstić information content (AvgIpc) is 3.18. The number of anilines is 1. The van der Waals surface area contributed by atoms with Gasteiger partial charge in [0.25, 0.3) is 5.91 Å². The number of para-hydroxylation sites is 2. The number of esters is 1. The summed E-state index contributed by atoms with van der Waals surface area (Å²) in [4.78, 5) is 29.8. The first-order chi connectivity index (χ1) is 14.1. The van der Waals surface area contributed by atoms with E-state index in [4.69, 9.17) is 9.72 Å². The summed E-state index contributed by atoms with van der Waals surface area (Å²) in [5.41, 5.74) is 2.68. The molecule has 3 aromatic rings. The van der Waals surface area contributed by atoms with Gasteiger partial charge >= 0.3 is 5.97 Å². The number of hydrogen-bond acceptors (Lipinski definition) is 5. The van der Waals surface area contributed by atoms with Crippen LogP contribution < -0.4 is 5.32 Å². The van der Waals surface area contributed by atoms with E-state index in [2.05, 4.69) is 11.4 Å². The first-order valence-electron chi connectivity index (χ1n) is 9.99. The number of ether oxygens (including phenoxy) is 1. The standard InChI is InChI=1S/C23H24N2O3S/c1-15-8-2-5-11-18(15)24-21(26)14-28-23(27)17-10-4-3-9-16(17)22-25-19-12-6-7-13-20(19)29-22/h2,5-8,11-13,16-17H,3-4,9-10,14H2,1H3,(H,24,26)/t16-,17-/m0/s1. The summed E-state index contributed by atoms with van der Waals surface area (Å²) < 4.78 is 6.54. The van der Waals surface area contributed by atoms with E-state index in [-0.39, 0.29) is 30.3 Å². The number of carbonyl (C=O) groups is 2. The van der Waals surface area contributed by atoms with Crippen LogP contribution in [0.5, 0.6) is 0 Å². The minimum absolute atomic E-state index is 0.0630. The Balaban J connectivity index is 1.41. The van der Waals surface area contributed by atoms with Gasteiger partial charge in [0.1, 0.15) is 0 Å². The van der Waals surface area contributed by atoms with E-state index < -0.39 is 0 Å². The maximum absolute atomic E-state index is 12.8. The fourth-order valence-electron chi connectivity index (χ4n) is 3.90. The molecule has 150 valence electrons. The molecule has 0 bridgehead atoms. The third kappa shape index (κ3) is 4.48. The summed E-state index contributed by atoms with van der Waals surface area (Å²) in [6, 6.07) is 15.6. The fourth-order valence-corrected chi connectivity index (χ4v) is 5.07. The number of rotatable bonds is 5. The third-order valence-corrected chi connectivity index (χ3v) is 6.63. The zero-order chi connectivity index (χ0) is 20.2. The van der Waals surface area contributed by atoms with E-state index in [1.54, 1.807) is 11.3 Å². The molecule has 2 atom stereocenters. The molecule has 1 saturated carbocycles. The molecule has 6 heteroatoms. The maximum atomic E-state index is 12.8. The second-order valence-electron chi connectivity index (χ2n) is 7.49. The number of amides is 1. The van der Waals surface area contributed by atoms with Crippen LogP contribution in [-0.2, 0) is 14.3 Å². The lowest BCUT2D eigenvalue weighted by Gasteiger charge is -2.28. The molecule has 1 amide bonds. The Morgan fingerprint density at radius 3 is 2.69 bits per heavy atom. The lowest BCUT2D eigenvalue weighted by molar-refractivity contribution is -0.153. The van der Waals surface area contributed by atoms with Crippen LogP contribution in [0.2, 0.25) is 0 Å². The van der Waals surface area contributed by atoms with Crippen molar-refractivity contribution in [2.45, 2.75) is 38.5 Å². The Bertz CT molecular complexity index is 997. The number of benzene rings is 2. The molecular formula is C23H24N2O3S. The second kappa shape index (κ2) is 8.74. The highest BCUT2D eigenvalue weighted by Crippen LogP contribution is 2.41. The van der Waals surface area contributed by atoms with Gasteiger partial charge < -0.3 is 10.1 Å². The molecule has 1 aromatic heterocycles. The Kier molecular flexibility index (Phi) is 5.90. The van der Waals surface area contributed by atoms with Crippen molar-refractivity contribution in [3.63, 3.8) is 0 Å². The average molecular weight is 409 g/mol. The van der Waals surface area contributed by atoms with Gasteiger partial charge in [-0.2, -0.15) is 0 Å². The lowest BCUT2D eigenvalue weighted by Crippen LogP contribution is -2.30. The summed E-state index contributed by atoms with van der Waals surface area (Å²) >= 11 is 1.65. The van der Waals surface area contributed by atoms with E-state index in [0.29, 0.717) is 0 Å². The first kappa shape index (κ1) is 19.6. The van der Waals surface area contributed by atoms with Gasteiger partial charge in [0.05, 0.1) is 21.1 Å². The number of nitrogens with zero attached hydrogens (tertiary/aromatic N) is 1. The maximum Gasteiger partial charge on any atom is 0.310 e. The highest BCUT2D eigenvalue weighted by atomic mass is 32.1. The SMILES string of the molecule is Cc1ccccc1NC(=O)COC(=O)[C@H]1CCCC[C@@H]1c1nc2ccccc2s1. The van der Waals surface area contributed by atoms with E-state index >= 15 is 0 Å². The number of thiazole rings is 1. The topological polar surface area (TPSA) is 68.3 Å². The molecule has 0 radical (unpaired) electrons. The van der Waals surface area contributed by atoms with Crippen LogP contribution in [0.25, 0.3) is 10.2 Å². The molecule has 1 fully saturated rings. The molecule has 0 spiro atoms. The number of nitrogens with one attached hydrogen (secondary N) is 1. The summed E-state index contributed by atoms with van der Waals surface area (Å²) in [6.07, 6.45) is 3.78. The van der Waals surface area contributed by atoms with Gasteiger partial charge in [-0.15, -0.1) is 11.3 Å². The monoisotopic (exact) mass is 408 g/mol. The molecule has 1 aliphatic rings. The number of carbonyl (C=O) groups excluding carboxylic acids is 2. The van der Waals surface area contributed by atoms with Crippen molar-refractivity contribution in [2.24, 2.45) is 5.92 Å². The van der Waals surface area contributed by atoms with Crippen molar-refractivity contribution in [2.75, 3.05) is 11.9 Å². The Morgan fingerprint density at radius 1 is 1.10 bits per heavy atom. The number of aryl methyl sites for hydroxylation is 1. The van der Waals surface area contributed by atoms with Crippen molar-refractivity contribution in [3.05, 3.63) is 59.1 Å². The van der Waals surface area contributed by atoms with Gasteiger partial charge in [-0.3, -0.25) is 9.59 Å². The highest BCUT2D eigenvalue weighted by Gasteiger charge is 2.35. The molecule has 29 heavy (non-hydrogen) atoms. The van der Waals surface area contributed by atoms with Crippen LogP contribution in [0.15, 0.2) is 48.5 Å². The van der Waals surface area contributed by atoms with Crippen LogP contribution in [0.3, 0.4) is 0 Å². The Morgan fingerprint density at radius 2 is 1.86 bits per heavy atom. The first-order valence-corrected chi connectivity index (χ1v) is 10.8. The predicted molar refractivity (Wildman–Crippen MR) is 115 cm³/mol. The normalized spacial score (nSPS) is 19.1. The van der Waals surface area contributed by atoms with E-state index in [9.17, 15) is 9.59 Å².